The van der Waals surface area contributed by atoms with Crippen molar-refractivity contribution in [2.24, 2.45) is 0 Å². The van der Waals surface area contributed by atoms with Gasteiger partial charge in [0.1, 0.15) is 6.33 Å². The molecule has 3 aromatic rings. The molecule has 3 aromatic heterocycles. The minimum atomic E-state index is 0.0885. The number of amides is 1. The molecule has 0 N–H and O–H groups in total. The number of fused-ring (bicyclic) bond motifs is 1. The average molecular weight is 364 g/mol. The number of aromatic nitrogens is 5. The zero-order valence-electron chi connectivity index (χ0n) is 15.8. The van der Waals surface area contributed by atoms with E-state index in [-0.39, 0.29) is 11.9 Å². The van der Waals surface area contributed by atoms with Crippen molar-refractivity contribution >= 4 is 11.7 Å². The van der Waals surface area contributed by atoms with Crippen molar-refractivity contribution in [3.8, 4) is 0 Å². The quantitative estimate of drug-likeness (QED) is 0.711. The van der Waals surface area contributed by atoms with Crippen LogP contribution in [-0.2, 0) is 11.2 Å². The van der Waals surface area contributed by atoms with E-state index in [1.54, 1.807) is 10.7 Å². The highest BCUT2D eigenvalue weighted by molar-refractivity contribution is 5.77. The van der Waals surface area contributed by atoms with E-state index < -0.39 is 0 Å². The van der Waals surface area contributed by atoms with E-state index in [0.29, 0.717) is 18.6 Å². The lowest BCUT2D eigenvalue weighted by molar-refractivity contribution is -0.135. The maximum Gasteiger partial charge on any atom is 0.252 e. The van der Waals surface area contributed by atoms with E-state index in [9.17, 15) is 4.79 Å². The summed E-state index contributed by atoms with van der Waals surface area (Å²) in [4.78, 5) is 28.2. The molecule has 140 valence electrons. The van der Waals surface area contributed by atoms with Gasteiger partial charge in [-0.25, -0.2) is 9.50 Å². The first-order valence-corrected chi connectivity index (χ1v) is 9.51. The van der Waals surface area contributed by atoms with Crippen LogP contribution >= 0.6 is 0 Å². The molecule has 7 nitrogen and oxygen atoms in total. The number of rotatable bonds is 4. The Morgan fingerprint density at radius 2 is 2.11 bits per heavy atom. The molecule has 27 heavy (non-hydrogen) atoms. The Bertz CT molecular complexity index is 952. The van der Waals surface area contributed by atoms with Gasteiger partial charge in [-0.1, -0.05) is 6.07 Å². The number of aryl methyl sites for hydroxylation is 2. The number of carbonyl (C=O) groups is 1. The van der Waals surface area contributed by atoms with Gasteiger partial charge >= 0.3 is 0 Å². The first kappa shape index (κ1) is 17.6. The second-order valence-corrected chi connectivity index (χ2v) is 7.09. The maximum atomic E-state index is 13.0. The van der Waals surface area contributed by atoms with Crippen molar-refractivity contribution in [3.05, 3.63) is 53.4 Å². The van der Waals surface area contributed by atoms with Crippen LogP contribution in [0.3, 0.4) is 0 Å². The van der Waals surface area contributed by atoms with Crippen LogP contribution in [-0.4, -0.2) is 41.9 Å². The fourth-order valence-corrected chi connectivity index (χ4v) is 4.00. The Labute approximate surface area is 158 Å². The average Bonchev–Trinajstić information content (AvgIpc) is 3.17. The predicted molar refractivity (Wildman–Crippen MR) is 101 cm³/mol. The molecule has 1 aliphatic heterocycles. The molecule has 0 bridgehead atoms. The van der Waals surface area contributed by atoms with Gasteiger partial charge < -0.3 is 4.90 Å². The smallest absolute Gasteiger partial charge is 0.252 e. The first-order chi connectivity index (χ1) is 13.1. The molecule has 4 rings (SSSR count). The van der Waals surface area contributed by atoms with Gasteiger partial charge in [-0.15, -0.1) is 0 Å². The zero-order chi connectivity index (χ0) is 18.8. The molecule has 1 amide bonds. The summed E-state index contributed by atoms with van der Waals surface area (Å²) in [5.74, 6) is 0.786. The van der Waals surface area contributed by atoms with Crippen molar-refractivity contribution in [3.63, 3.8) is 0 Å². The van der Waals surface area contributed by atoms with Crippen molar-refractivity contribution in [2.45, 2.75) is 52.0 Å². The Kier molecular flexibility index (Phi) is 4.83. The van der Waals surface area contributed by atoms with Crippen LogP contribution in [0.4, 0.5) is 0 Å². The van der Waals surface area contributed by atoms with Crippen molar-refractivity contribution in [2.75, 3.05) is 6.54 Å². The van der Waals surface area contributed by atoms with Crippen molar-refractivity contribution in [1.82, 2.24) is 29.5 Å². The number of pyridine rings is 1. The van der Waals surface area contributed by atoms with E-state index in [0.717, 1.165) is 48.5 Å². The third-order valence-electron chi connectivity index (χ3n) is 5.43. The molecule has 1 aliphatic rings. The van der Waals surface area contributed by atoms with Crippen molar-refractivity contribution < 1.29 is 4.79 Å². The number of nitrogens with zero attached hydrogens (tertiary/aromatic N) is 6. The highest BCUT2D eigenvalue weighted by atomic mass is 16.2. The third kappa shape index (κ3) is 3.41. The SMILES string of the molecule is Cc1nc2ncnn2c(C)c1CCC(=O)N1CCCCC1c1ccccn1. The summed E-state index contributed by atoms with van der Waals surface area (Å²) >= 11 is 0. The molecule has 0 radical (unpaired) electrons. The Morgan fingerprint density at radius 3 is 2.93 bits per heavy atom. The molecule has 1 atom stereocenters. The number of likely N-dealkylation sites (tertiary alicyclic amines) is 1. The lowest BCUT2D eigenvalue weighted by Gasteiger charge is -2.35. The summed E-state index contributed by atoms with van der Waals surface area (Å²) in [5, 5.41) is 4.23. The summed E-state index contributed by atoms with van der Waals surface area (Å²) in [6.45, 7) is 4.78. The van der Waals surface area contributed by atoms with Gasteiger partial charge in [-0.2, -0.15) is 10.1 Å². The van der Waals surface area contributed by atoms with Crippen LogP contribution in [0.25, 0.3) is 5.78 Å². The molecule has 0 aromatic carbocycles. The lowest BCUT2D eigenvalue weighted by Crippen LogP contribution is -2.39. The van der Waals surface area contributed by atoms with Gasteiger partial charge in [0, 0.05) is 30.6 Å². The lowest BCUT2D eigenvalue weighted by atomic mass is 9.97. The second-order valence-electron chi connectivity index (χ2n) is 7.09. The zero-order valence-corrected chi connectivity index (χ0v) is 15.8. The molecule has 0 aliphatic carbocycles. The molecule has 4 heterocycles. The van der Waals surface area contributed by atoms with E-state index in [4.69, 9.17) is 0 Å². The molecular formula is C20H24N6O. The van der Waals surface area contributed by atoms with E-state index in [1.807, 2.05) is 36.9 Å². The third-order valence-corrected chi connectivity index (χ3v) is 5.43. The number of hydrogen-bond acceptors (Lipinski definition) is 5. The van der Waals surface area contributed by atoms with E-state index in [2.05, 4.69) is 20.1 Å². The molecule has 1 unspecified atom stereocenters. The second kappa shape index (κ2) is 7.42. The monoisotopic (exact) mass is 364 g/mol. The summed E-state index contributed by atoms with van der Waals surface area (Å²) < 4.78 is 1.74. The summed E-state index contributed by atoms with van der Waals surface area (Å²) in [7, 11) is 0. The van der Waals surface area contributed by atoms with Crippen LogP contribution in [0.1, 0.15) is 54.4 Å². The maximum absolute atomic E-state index is 13.0. The largest absolute Gasteiger partial charge is 0.334 e. The van der Waals surface area contributed by atoms with Gasteiger partial charge in [0.25, 0.3) is 5.78 Å². The standard InChI is InChI=1S/C20H24N6O/c1-14-16(15(2)26-20(24-14)22-13-23-26)9-10-19(27)25-12-6-4-8-18(25)17-7-3-5-11-21-17/h3,5,7,11,13,18H,4,6,8-10,12H2,1-2H3. The van der Waals surface area contributed by atoms with Gasteiger partial charge in [0.15, 0.2) is 0 Å². The van der Waals surface area contributed by atoms with Crippen LogP contribution in [0, 0.1) is 13.8 Å². The molecule has 1 saturated heterocycles. The summed E-state index contributed by atoms with van der Waals surface area (Å²) in [5.41, 5.74) is 3.99. The van der Waals surface area contributed by atoms with Gasteiger partial charge in [-0.05, 0) is 57.2 Å². The topological polar surface area (TPSA) is 76.3 Å². The van der Waals surface area contributed by atoms with Gasteiger partial charge in [0.2, 0.25) is 5.91 Å². The summed E-state index contributed by atoms with van der Waals surface area (Å²) in [6.07, 6.45) is 7.61. The van der Waals surface area contributed by atoms with Crippen LogP contribution in [0.2, 0.25) is 0 Å². The van der Waals surface area contributed by atoms with Crippen LogP contribution < -0.4 is 0 Å². The van der Waals surface area contributed by atoms with Crippen LogP contribution in [0.5, 0.6) is 0 Å². The predicted octanol–water partition coefficient (Wildman–Crippen LogP) is 2.82. The summed E-state index contributed by atoms with van der Waals surface area (Å²) in [6, 6.07) is 6.01. The Hall–Kier alpha value is -2.83. The molecule has 0 spiro atoms. The highest BCUT2D eigenvalue weighted by Gasteiger charge is 2.28. The molecule has 7 heteroatoms. The molecule has 0 saturated carbocycles. The van der Waals surface area contributed by atoms with Gasteiger partial charge in [-0.3, -0.25) is 9.78 Å². The fourth-order valence-electron chi connectivity index (χ4n) is 4.00. The number of piperidine rings is 1. The minimum Gasteiger partial charge on any atom is -0.334 e. The molecular weight excluding hydrogens is 340 g/mol. The van der Waals surface area contributed by atoms with Gasteiger partial charge in [0.05, 0.1) is 11.7 Å². The van der Waals surface area contributed by atoms with Crippen molar-refractivity contribution in [1.29, 1.82) is 0 Å². The van der Waals surface area contributed by atoms with E-state index in [1.165, 1.54) is 6.33 Å². The normalized spacial score (nSPS) is 17.4. The first-order valence-electron chi connectivity index (χ1n) is 9.51. The van der Waals surface area contributed by atoms with Crippen LogP contribution in [0.15, 0.2) is 30.7 Å². The Morgan fingerprint density at radius 1 is 1.22 bits per heavy atom. The highest BCUT2D eigenvalue weighted by Crippen LogP contribution is 2.30. The Balaban J connectivity index is 1.52. The minimum absolute atomic E-state index is 0.0885. The number of hydrogen-bond donors (Lipinski definition) is 0. The molecule has 1 fully saturated rings. The fraction of sp³-hybridized carbons (Fsp3) is 0.450. The number of carbonyl (C=O) groups excluding carboxylic acids is 1. The van der Waals surface area contributed by atoms with E-state index >= 15 is 0 Å².